The number of anilines is 1. The molecule has 102 valence electrons. The maximum absolute atomic E-state index is 9.29. The monoisotopic (exact) mass is 347 g/mol. The van der Waals surface area contributed by atoms with Crippen molar-refractivity contribution >= 4 is 33.1 Å². The molecule has 0 aromatic carbocycles. The third-order valence-corrected chi connectivity index (χ3v) is 5.17. The van der Waals surface area contributed by atoms with Gasteiger partial charge in [-0.25, -0.2) is 4.98 Å². The number of pyridine rings is 1. The first-order valence-electron chi connectivity index (χ1n) is 6.66. The van der Waals surface area contributed by atoms with E-state index in [9.17, 15) is 5.26 Å². The number of thiophene rings is 1. The van der Waals surface area contributed by atoms with E-state index in [1.165, 1.54) is 23.3 Å². The molecule has 0 atom stereocenters. The van der Waals surface area contributed by atoms with Gasteiger partial charge in [-0.3, -0.25) is 0 Å². The Labute approximate surface area is 130 Å². The molecule has 0 radical (unpaired) electrons. The van der Waals surface area contributed by atoms with Gasteiger partial charge in [0.2, 0.25) is 0 Å². The van der Waals surface area contributed by atoms with Gasteiger partial charge < -0.3 is 5.32 Å². The molecule has 2 aromatic heterocycles. The summed E-state index contributed by atoms with van der Waals surface area (Å²) in [5.41, 5.74) is 3.06. The summed E-state index contributed by atoms with van der Waals surface area (Å²) in [6.45, 7) is 0.705. The van der Waals surface area contributed by atoms with E-state index >= 15 is 0 Å². The molecule has 0 aliphatic heterocycles. The predicted molar refractivity (Wildman–Crippen MR) is 84.9 cm³/mol. The number of rotatable bonds is 3. The van der Waals surface area contributed by atoms with E-state index in [1.807, 2.05) is 6.07 Å². The summed E-state index contributed by atoms with van der Waals surface area (Å²) in [4.78, 5) is 5.89. The number of halogens is 1. The molecule has 5 heteroatoms. The number of fused-ring (bicyclic) bond motifs is 1. The number of aromatic nitrogens is 1. The molecule has 20 heavy (non-hydrogen) atoms. The minimum Gasteiger partial charge on any atom is -0.364 e. The van der Waals surface area contributed by atoms with Crippen LogP contribution in [0.5, 0.6) is 0 Å². The van der Waals surface area contributed by atoms with Gasteiger partial charge in [0.15, 0.2) is 0 Å². The quantitative estimate of drug-likeness (QED) is 0.901. The van der Waals surface area contributed by atoms with Crippen LogP contribution in [0.25, 0.3) is 0 Å². The second-order valence-corrected chi connectivity index (χ2v) is 6.81. The van der Waals surface area contributed by atoms with Crippen molar-refractivity contribution in [2.24, 2.45) is 0 Å². The molecule has 3 nitrogen and oxygen atoms in total. The van der Waals surface area contributed by atoms with Gasteiger partial charge >= 0.3 is 0 Å². The first-order chi connectivity index (χ1) is 9.76. The molecule has 3 rings (SSSR count). The van der Waals surface area contributed by atoms with Crippen molar-refractivity contribution < 1.29 is 0 Å². The van der Waals surface area contributed by atoms with Gasteiger partial charge in [-0.1, -0.05) is 0 Å². The van der Waals surface area contributed by atoms with E-state index in [0.717, 1.165) is 28.8 Å². The minimum absolute atomic E-state index is 0.654. The Morgan fingerprint density at radius 3 is 2.95 bits per heavy atom. The summed E-state index contributed by atoms with van der Waals surface area (Å²) in [6.07, 6.45) is 4.48. The molecule has 2 heterocycles. The molecule has 0 spiro atoms. The molecule has 1 N–H and O–H groups in total. The number of nitrogens with one attached hydrogen (secondary N) is 1. The standard InChI is InChI=1S/C15H14BrN3S/c16-12-6-13(20-9-12)8-18-15-11(7-17)5-10-3-1-2-4-14(10)19-15/h5-6,9H,1-4,8H2,(H,18,19). The second-order valence-electron chi connectivity index (χ2n) is 4.89. The normalized spacial score (nSPS) is 13.6. The lowest BCUT2D eigenvalue weighted by molar-refractivity contribution is 0.668. The van der Waals surface area contributed by atoms with Crippen molar-refractivity contribution in [3.8, 4) is 6.07 Å². The average molecular weight is 348 g/mol. The van der Waals surface area contributed by atoms with E-state index in [2.05, 4.69) is 43.7 Å². The van der Waals surface area contributed by atoms with Crippen molar-refractivity contribution in [3.05, 3.63) is 43.7 Å². The zero-order chi connectivity index (χ0) is 13.9. The topological polar surface area (TPSA) is 48.7 Å². The van der Waals surface area contributed by atoms with Gasteiger partial charge in [-0.2, -0.15) is 5.26 Å². The molecule has 2 aromatic rings. The second kappa shape index (κ2) is 5.94. The lowest BCUT2D eigenvalue weighted by Crippen LogP contribution is -2.10. The lowest BCUT2D eigenvalue weighted by atomic mass is 9.95. The van der Waals surface area contributed by atoms with Crippen molar-refractivity contribution in [2.45, 2.75) is 32.2 Å². The number of hydrogen-bond donors (Lipinski definition) is 1. The summed E-state index contributed by atoms with van der Waals surface area (Å²) in [5, 5.41) is 14.6. The fourth-order valence-corrected chi connectivity index (χ4v) is 3.86. The highest BCUT2D eigenvalue weighted by molar-refractivity contribution is 9.10. The van der Waals surface area contributed by atoms with Crippen LogP contribution < -0.4 is 5.32 Å². The van der Waals surface area contributed by atoms with Crippen LogP contribution in [0.2, 0.25) is 0 Å². The minimum atomic E-state index is 0.654. The number of nitrogens with zero attached hydrogens (tertiary/aromatic N) is 2. The summed E-state index contributed by atoms with van der Waals surface area (Å²) < 4.78 is 1.10. The van der Waals surface area contributed by atoms with Crippen LogP contribution in [0.1, 0.15) is 34.5 Å². The zero-order valence-corrected chi connectivity index (χ0v) is 13.4. The van der Waals surface area contributed by atoms with Crippen LogP contribution in [-0.4, -0.2) is 4.98 Å². The molecule has 0 saturated carbocycles. The van der Waals surface area contributed by atoms with E-state index < -0.39 is 0 Å². The Balaban J connectivity index is 1.83. The molecule has 0 amide bonds. The van der Waals surface area contributed by atoms with E-state index in [-0.39, 0.29) is 0 Å². The van der Waals surface area contributed by atoms with Crippen molar-refractivity contribution in [1.82, 2.24) is 4.98 Å². The first-order valence-corrected chi connectivity index (χ1v) is 8.33. The van der Waals surface area contributed by atoms with E-state index in [0.29, 0.717) is 12.1 Å². The summed E-state index contributed by atoms with van der Waals surface area (Å²) >= 11 is 5.14. The molecule has 0 fully saturated rings. The zero-order valence-electron chi connectivity index (χ0n) is 10.9. The van der Waals surface area contributed by atoms with E-state index in [4.69, 9.17) is 0 Å². The van der Waals surface area contributed by atoms with Gasteiger partial charge in [0.25, 0.3) is 0 Å². The van der Waals surface area contributed by atoms with Gasteiger partial charge in [-0.05, 0) is 59.3 Å². The molecule has 0 bridgehead atoms. The maximum Gasteiger partial charge on any atom is 0.144 e. The van der Waals surface area contributed by atoms with Crippen LogP contribution in [0, 0.1) is 11.3 Å². The lowest BCUT2D eigenvalue weighted by Gasteiger charge is -2.17. The number of aryl methyl sites for hydroxylation is 2. The first kappa shape index (κ1) is 13.6. The molecule has 1 aliphatic rings. The molecule has 0 unspecified atom stereocenters. The Hall–Kier alpha value is -1.38. The molecule has 1 aliphatic carbocycles. The van der Waals surface area contributed by atoms with E-state index in [1.54, 1.807) is 11.3 Å². The number of hydrogen-bond acceptors (Lipinski definition) is 4. The van der Waals surface area contributed by atoms with Crippen LogP contribution >= 0.6 is 27.3 Å². The largest absolute Gasteiger partial charge is 0.364 e. The molecular weight excluding hydrogens is 334 g/mol. The SMILES string of the molecule is N#Cc1cc2c(nc1NCc1cc(Br)cs1)CCCC2. The van der Waals surface area contributed by atoms with Crippen LogP contribution in [0.15, 0.2) is 22.0 Å². The van der Waals surface area contributed by atoms with Gasteiger partial charge in [0, 0.05) is 20.4 Å². The highest BCUT2D eigenvalue weighted by Crippen LogP contribution is 2.25. The predicted octanol–water partition coefficient (Wildman–Crippen LogP) is 4.27. The Bertz CT molecular complexity index is 672. The Kier molecular flexibility index (Phi) is 4.04. The Morgan fingerprint density at radius 2 is 2.20 bits per heavy atom. The average Bonchev–Trinajstić information content (AvgIpc) is 2.89. The maximum atomic E-state index is 9.29. The third-order valence-electron chi connectivity index (χ3n) is 3.47. The summed E-state index contributed by atoms with van der Waals surface area (Å²) in [5.74, 6) is 0.720. The van der Waals surface area contributed by atoms with Gasteiger partial charge in [0.1, 0.15) is 11.9 Å². The molecule has 0 saturated heterocycles. The third kappa shape index (κ3) is 2.87. The fourth-order valence-electron chi connectivity index (χ4n) is 2.47. The molecular formula is C15H14BrN3S. The van der Waals surface area contributed by atoms with Crippen molar-refractivity contribution in [2.75, 3.05) is 5.32 Å². The summed E-state index contributed by atoms with van der Waals surface area (Å²) in [7, 11) is 0. The van der Waals surface area contributed by atoms with Crippen LogP contribution in [0.4, 0.5) is 5.82 Å². The fraction of sp³-hybridized carbons (Fsp3) is 0.333. The van der Waals surface area contributed by atoms with Crippen LogP contribution in [-0.2, 0) is 19.4 Å². The highest BCUT2D eigenvalue weighted by atomic mass is 79.9. The summed E-state index contributed by atoms with van der Waals surface area (Å²) in [6, 6.07) is 6.35. The highest BCUT2D eigenvalue weighted by Gasteiger charge is 2.15. The Morgan fingerprint density at radius 1 is 1.35 bits per heavy atom. The van der Waals surface area contributed by atoms with Crippen molar-refractivity contribution in [3.63, 3.8) is 0 Å². The van der Waals surface area contributed by atoms with Gasteiger partial charge in [-0.15, -0.1) is 11.3 Å². The van der Waals surface area contributed by atoms with Gasteiger partial charge in [0.05, 0.1) is 12.1 Å². The number of nitriles is 1. The van der Waals surface area contributed by atoms with Crippen LogP contribution in [0.3, 0.4) is 0 Å². The smallest absolute Gasteiger partial charge is 0.144 e. The van der Waals surface area contributed by atoms with Crippen molar-refractivity contribution in [1.29, 1.82) is 5.26 Å².